The van der Waals surface area contributed by atoms with Gasteiger partial charge < -0.3 is 16.4 Å². The summed E-state index contributed by atoms with van der Waals surface area (Å²) < 4.78 is 40.7. The average molecular weight is 369 g/mol. The van der Waals surface area contributed by atoms with Gasteiger partial charge in [0.2, 0.25) is 10.1 Å². The molecule has 0 saturated carbocycles. The third-order valence-electron chi connectivity index (χ3n) is 4.09. The first-order valence-corrected chi connectivity index (χ1v) is 8.33. The molecule has 0 aliphatic carbocycles. The van der Waals surface area contributed by atoms with E-state index in [0.717, 1.165) is 24.2 Å². The second kappa shape index (κ2) is 5.56. The number of nitrogens with two attached hydrogens (primary N) is 2. The Labute approximate surface area is 144 Å². The van der Waals surface area contributed by atoms with Crippen molar-refractivity contribution in [2.45, 2.75) is 18.6 Å². The first-order valence-electron chi connectivity index (χ1n) is 7.51. The zero-order valence-electron chi connectivity index (χ0n) is 12.9. The number of hydrogen-bond acceptors (Lipinski definition) is 7. The van der Waals surface area contributed by atoms with Crippen LogP contribution in [0, 0.1) is 0 Å². The molecule has 0 radical (unpaired) electrons. The Hall–Kier alpha value is -2.40. The number of fused-ring (bicyclic) bond motifs is 1. The van der Waals surface area contributed by atoms with E-state index in [1.165, 1.54) is 28.2 Å². The van der Waals surface area contributed by atoms with E-state index < -0.39 is 17.6 Å². The number of imidazole rings is 1. The topological polar surface area (TPSA) is 98.4 Å². The molecule has 1 aliphatic heterocycles. The summed E-state index contributed by atoms with van der Waals surface area (Å²) in [6.45, 7) is 1.50. The molecule has 3 aromatic rings. The van der Waals surface area contributed by atoms with Crippen molar-refractivity contribution in [1.82, 2.24) is 19.6 Å². The third kappa shape index (κ3) is 2.78. The van der Waals surface area contributed by atoms with E-state index in [1.54, 1.807) is 0 Å². The van der Waals surface area contributed by atoms with E-state index in [4.69, 9.17) is 11.5 Å². The minimum atomic E-state index is -4.57. The van der Waals surface area contributed by atoms with Crippen LogP contribution in [0.1, 0.15) is 12.0 Å². The van der Waals surface area contributed by atoms with E-state index in [9.17, 15) is 13.2 Å². The molecule has 4 N–H and O–H groups in total. The number of rotatable bonds is 2. The van der Waals surface area contributed by atoms with Gasteiger partial charge in [-0.25, -0.2) is 14.5 Å². The van der Waals surface area contributed by atoms with Gasteiger partial charge in [0.15, 0.2) is 0 Å². The Morgan fingerprint density at radius 1 is 1.24 bits per heavy atom. The summed E-state index contributed by atoms with van der Waals surface area (Å²) >= 11 is 1.37. The molecule has 3 aromatic heterocycles. The molecule has 4 heterocycles. The molecule has 25 heavy (non-hydrogen) atoms. The van der Waals surface area contributed by atoms with Crippen molar-refractivity contribution in [1.29, 1.82) is 0 Å². The standard InChI is InChI=1S/C14H14F3N7S/c15-14(16,17)9-3-7(4-20-11(9)19)10-5-21-12-24(10)22-13(25-12)23-2-1-8(18)6-23/h3-5,8H,1-2,6,18H2,(H2,19,20). The van der Waals surface area contributed by atoms with Crippen LogP contribution >= 0.6 is 11.3 Å². The van der Waals surface area contributed by atoms with Crippen LogP contribution in [0.3, 0.4) is 0 Å². The van der Waals surface area contributed by atoms with Gasteiger partial charge in [-0.15, -0.1) is 5.10 Å². The molecule has 7 nitrogen and oxygen atoms in total. The van der Waals surface area contributed by atoms with E-state index in [1.807, 2.05) is 0 Å². The summed E-state index contributed by atoms with van der Waals surface area (Å²) in [5.41, 5.74) is 11.0. The highest BCUT2D eigenvalue weighted by atomic mass is 32.1. The summed E-state index contributed by atoms with van der Waals surface area (Å²) in [5, 5.41) is 5.23. The maximum absolute atomic E-state index is 13.1. The second-order valence-corrected chi connectivity index (χ2v) is 6.81. The number of nitrogen functional groups attached to an aromatic ring is 1. The normalized spacial score (nSPS) is 18.4. The van der Waals surface area contributed by atoms with E-state index in [0.29, 0.717) is 17.2 Å². The van der Waals surface area contributed by atoms with Gasteiger partial charge in [-0.05, 0) is 12.5 Å². The largest absolute Gasteiger partial charge is 0.419 e. The molecule has 4 rings (SSSR count). The van der Waals surface area contributed by atoms with Crippen LogP contribution in [-0.4, -0.2) is 38.7 Å². The quantitative estimate of drug-likeness (QED) is 0.717. The maximum Gasteiger partial charge on any atom is 0.419 e. The van der Waals surface area contributed by atoms with Gasteiger partial charge in [0.25, 0.3) is 0 Å². The van der Waals surface area contributed by atoms with E-state index in [-0.39, 0.29) is 11.6 Å². The number of pyridine rings is 1. The minimum absolute atomic E-state index is 0.103. The fraction of sp³-hybridized carbons (Fsp3) is 0.357. The molecule has 1 fully saturated rings. The van der Waals surface area contributed by atoms with Crippen LogP contribution < -0.4 is 16.4 Å². The second-order valence-electron chi connectivity index (χ2n) is 5.87. The molecule has 1 unspecified atom stereocenters. The zero-order chi connectivity index (χ0) is 17.8. The van der Waals surface area contributed by atoms with Gasteiger partial charge in [0.1, 0.15) is 5.82 Å². The predicted molar refractivity (Wildman–Crippen MR) is 88.3 cm³/mol. The fourth-order valence-electron chi connectivity index (χ4n) is 2.81. The lowest BCUT2D eigenvalue weighted by molar-refractivity contribution is -0.137. The molecule has 1 aliphatic rings. The molecular formula is C14H14F3N7S. The van der Waals surface area contributed by atoms with Crippen molar-refractivity contribution in [3.05, 3.63) is 24.0 Å². The monoisotopic (exact) mass is 369 g/mol. The lowest BCUT2D eigenvalue weighted by Gasteiger charge is -2.12. The van der Waals surface area contributed by atoms with Crippen molar-refractivity contribution < 1.29 is 13.2 Å². The maximum atomic E-state index is 13.1. The lowest BCUT2D eigenvalue weighted by Crippen LogP contribution is -2.26. The van der Waals surface area contributed by atoms with Gasteiger partial charge in [-0.2, -0.15) is 13.2 Å². The molecular weight excluding hydrogens is 355 g/mol. The van der Waals surface area contributed by atoms with E-state index in [2.05, 4.69) is 20.0 Å². The van der Waals surface area contributed by atoms with Crippen LogP contribution in [-0.2, 0) is 6.18 Å². The molecule has 0 bridgehead atoms. The minimum Gasteiger partial charge on any atom is -0.383 e. The van der Waals surface area contributed by atoms with Crippen LogP contribution in [0.25, 0.3) is 16.2 Å². The van der Waals surface area contributed by atoms with Crippen molar-refractivity contribution >= 4 is 27.2 Å². The van der Waals surface area contributed by atoms with Gasteiger partial charge in [0, 0.05) is 30.9 Å². The molecule has 11 heteroatoms. The number of aromatic nitrogens is 4. The number of halogens is 3. The van der Waals surface area contributed by atoms with Gasteiger partial charge >= 0.3 is 6.18 Å². The van der Waals surface area contributed by atoms with Crippen molar-refractivity contribution in [3.63, 3.8) is 0 Å². The Balaban J connectivity index is 1.76. The van der Waals surface area contributed by atoms with Crippen molar-refractivity contribution in [2.75, 3.05) is 23.7 Å². The van der Waals surface area contributed by atoms with E-state index >= 15 is 0 Å². The summed E-state index contributed by atoms with van der Waals surface area (Å²) in [6.07, 6.45) is -0.925. The summed E-state index contributed by atoms with van der Waals surface area (Å²) in [5.74, 6) is -0.554. The van der Waals surface area contributed by atoms with Crippen molar-refractivity contribution in [3.8, 4) is 11.3 Å². The van der Waals surface area contributed by atoms with Crippen LogP contribution in [0.5, 0.6) is 0 Å². The first-order chi connectivity index (χ1) is 11.8. The Morgan fingerprint density at radius 2 is 2.04 bits per heavy atom. The van der Waals surface area contributed by atoms with Crippen LogP contribution in [0.2, 0.25) is 0 Å². The predicted octanol–water partition coefficient (Wildman–Crippen LogP) is 1.99. The van der Waals surface area contributed by atoms with Gasteiger partial charge in [-0.1, -0.05) is 11.3 Å². The number of alkyl halides is 3. The smallest absolute Gasteiger partial charge is 0.383 e. The van der Waals surface area contributed by atoms with Crippen LogP contribution in [0.15, 0.2) is 18.5 Å². The summed E-state index contributed by atoms with van der Waals surface area (Å²) in [7, 11) is 0. The van der Waals surface area contributed by atoms with Crippen molar-refractivity contribution in [2.24, 2.45) is 5.73 Å². The first kappa shape index (κ1) is 16.1. The average Bonchev–Trinajstić information content (AvgIpc) is 3.21. The number of anilines is 2. The zero-order valence-corrected chi connectivity index (χ0v) is 13.7. The molecule has 0 aromatic carbocycles. The Bertz CT molecular complexity index is 932. The summed E-state index contributed by atoms with van der Waals surface area (Å²) in [4.78, 5) is 10.6. The van der Waals surface area contributed by atoms with Crippen LogP contribution in [0.4, 0.5) is 24.1 Å². The molecule has 1 saturated heterocycles. The van der Waals surface area contributed by atoms with Gasteiger partial charge in [-0.3, -0.25) is 0 Å². The molecule has 1 atom stereocenters. The molecule has 0 amide bonds. The molecule has 0 spiro atoms. The fourth-order valence-corrected chi connectivity index (χ4v) is 3.72. The summed E-state index contributed by atoms with van der Waals surface area (Å²) in [6, 6.07) is 1.07. The SMILES string of the molecule is Nc1ncc(-c2cnc3sc(N4CCC(N)C4)nn23)cc1C(F)(F)F. The number of hydrogen-bond donors (Lipinski definition) is 2. The lowest BCUT2D eigenvalue weighted by atomic mass is 10.1. The third-order valence-corrected chi connectivity index (χ3v) is 5.07. The highest BCUT2D eigenvalue weighted by molar-refractivity contribution is 7.20. The number of nitrogens with zero attached hydrogens (tertiary/aromatic N) is 5. The highest BCUT2D eigenvalue weighted by Gasteiger charge is 2.34. The molecule has 132 valence electrons. The Kier molecular flexibility index (Phi) is 3.58. The highest BCUT2D eigenvalue weighted by Crippen LogP contribution is 2.36. The Morgan fingerprint density at radius 3 is 2.72 bits per heavy atom. The van der Waals surface area contributed by atoms with Gasteiger partial charge in [0.05, 0.1) is 17.5 Å².